The number of carbonyl (C=O) groups excluding carboxylic acids is 1. The fourth-order valence-electron chi connectivity index (χ4n) is 1.91. The van der Waals surface area contributed by atoms with E-state index in [1.165, 1.54) is 0 Å². The van der Waals surface area contributed by atoms with E-state index in [4.69, 9.17) is 4.74 Å². The molecule has 1 aromatic rings. The van der Waals surface area contributed by atoms with Crippen molar-refractivity contribution in [1.82, 2.24) is 5.32 Å². The number of hydrogen-bond donors (Lipinski definition) is 2. The number of aliphatic carboxylic acids is 1. The molecule has 2 N–H and O–H groups in total. The van der Waals surface area contributed by atoms with E-state index < -0.39 is 24.0 Å². The van der Waals surface area contributed by atoms with Crippen molar-refractivity contribution in [2.24, 2.45) is 5.92 Å². The van der Waals surface area contributed by atoms with Crippen molar-refractivity contribution in [3.63, 3.8) is 0 Å². The minimum Gasteiger partial charge on any atom is -0.481 e. The standard InChI is InChI=1S/C16H23NO4/c1-4-11(3)14(16(19)20)17-15(18)13(5-2)21-12-9-7-6-8-10-12/h6-11,13-14H,4-5H2,1-3H3,(H,17,18)(H,19,20). The molecule has 3 unspecified atom stereocenters. The van der Waals surface area contributed by atoms with Gasteiger partial charge in [-0.3, -0.25) is 4.79 Å². The highest BCUT2D eigenvalue weighted by Crippen LogP contribution is 2.14. The lowest BCUT2D eigenvalue weighted by Gasteiger charge is -2.23. The maximum Gasteiger partial charge on any atom is 0.326 e. The molecule has 5 heteroatoms. The van der Waals surface area contributed by atoms with Crippen molar-refractivity contribution < 1.29 is 19.4 Å². The maximum atomic E-state index is 12.2. The Labute approximate surface area is 125 Å². The third-order valence-corrected chi connectivity index (χ3v) is 3.46. The molecular weight excluding hydrogens is 270 g/mol. The van der Waals surface area contributed by atoms with Gasteiger partial charge in [0.05, 0.1) is 0 Å². The van der Waals surface area contributed by atoms with E-state index in [1.807, 2.05) is 32.0 Å². The van der Waals surface area contributed by atoms with Crippen LogP contribution >= 0.6 is 0 Å². The summed E-state index contributed by atoms with van der Waals surface area (Å²) in [5, 5.41) is 11.8. The Morgan fingerprint density at radius 2 is 1.81 bits per heavy atom. The molecule has 0 aliphatic carbocycles. The predicted molar refractivity (Wildman–Crippen MR) is 80.2 cm³/mol. The molecule has 116 valence electrons. The number of benzene rings is 1. The largest absolute Gasteiger partial charge is 0.481 e. The van der Waals surface area contributed by atoms with Gasteiger partial charge in [0.15, 0.2) is 6.10 Å². The molecule has 0 aliphatic heterocycles. The van der Waals surface area contributed by atoms with Gasteiger partial charge in [0.2, 0.25) is 0 Å². The average molecular weight is 293 g/mol. The molecule has 0 radical (unpaired) electrons. The number of carbonyl (C=O) groups is 2. The highest BCUT2D eigenvalue weighted by molar-refractivity contribution is 5.86. The normalized spacial score (nSPS) is 14.8. The maximum absolute atomic E-state index is 12.2. The Kier molecular flexibility index (Phi) is 6.72. The van der Waals surface area contributed by atoms with Gasteiger partial charge < -0.3 is 15.2 Å². The molecule has 0 aliphatic rings. The second-order valence-electron chi connectivity index (χ2n) is 5.04. The van der Waals surface area contributed by atoms with E-state index in [9.17, 15) is 14.7 Å². The SMILES string of the molecule is CCC(Oc1ccccc1)C(=O)NC(C(=O)O)C(C)CC. The van der Waals surface area contributed by atoms with Crippen LogP contribution in [0.15, 0.2) is 30.3 Å². The number of rotatable bonds is 8. The van der Waals surface area contributed by atoms with Crippen molar-refractivity contribution >= 4 is 11.9 Å². The van der Waals surface area contributed by atoms with Gasteiger partial charge >= 0.3 is 5.97 Å². The smallest absolute Gasteiger partial charge is 0.326 e. The fourth-order valence-corrected chi connectivity index (χ4v) is 1.91. The lowest BCUT2D eigenvalue weighted by atomic mass is 9.99. The van der Waals surface area contributed by atoms with Crippen molar-refractivity contribution in [3.05, 3.63) is 30.3 Å². The molecular formula is C16H23NO4. The van der Waals surface area contributed by atoms with Gasteiger partial charge in [0.25, 0.3) is 5.91 Å². The zero-order valence-electron chi connectivity index (χ0n) is 12.7. The van der Waals surface area contributed by atoms with Crippen LogP contribution in [0.1, 0.15) is 33.6 Å². The monoisotopic (exact) mass is 293 g/mol. The highest BCUT2D eigenvalue weighted by atomic mass is 16.5. The van der Waals surface area contributed by atoms with Crippen LogP contribution in [0.25, 0.3) is 0 Å². The zero-order valence-corrected chi connectivity index (χ0v) is 12.7. The first kappa shape index (κ1) is 17.0. The van der Waals surface area contributed by atoms with Gasteiger partial charge in [-0.05, 0) is 24.5 Å². The number of amides is 1. The van der Waals surface area contributed by atoms with Gasteiger partial charge in [-0.1, -0.05) is 45.4 Å². The van der Waals surface area contributed by atoms with Crippen molar-refractivity contribution in [1.29, 1.82) is 0 Å². The summed E-state index contributed by atoms with van der Waals surface area (Å²) in [4.78, 5) is 23.5. The topological polar surface area (TPSA) is 75.6 Å². The second kappa shape index (κ2) is 8.29. The molecule has 1 rings (SSSR count). The van der Waals surface area contributed by atoms with Crippen LogP contribution in [-0.4, -0.2) is 29.1 Å². The van der Waals surface area contributed by atoms with E-state index in [-0.39, 0.29) is 5.92 Å². The van der Waals surface area contributed by atoms with Crippen LogP contribution in [0.4, 0.5) is 0 Å². The van der Waals surface area contributed by atoms with Crippen LogP contribution in [0, 0.1) is 5.92 Å². The summed E-state index contributed by atoms with van der Waals surface area (Å²) in [6, 6.07) is 8.13. The van der Waals surface area contributed by atoms with Crippen LogP contribution in [-0.2, 0) is 9.59 Å². The molecule has 1 amide bonds. The minimum absolute atomic E-state index is 0.138. The first-order valence-electron chi connectivity index (χ1n) is 7.24. The van der Waals surface area contributed by atoms with Crippen molar-refractivity contribution in [3.8, 4) is 5.75 Å². The Morgan fingerprint density at radius 3 is 2.29 bits per heavy atom. The molecule has 0 bridgehead atoms. The molecule has 0 spiro atoms. The van der Waals surface area contributed by atoms with Crippen LogP contribution in [0.5, 0.6) is 5.75 Å². The quantitative estimate of drug-likeness (QED) is 0.772. The molecule has 1 aromatic carbocycles. The van der Waals surface area contributed by atoms with Gasteiger partial charge in [0, 0.05) is 0 Å². The van der Waals surface area contributed by atoms with Crippen LogP contribution in [0.3, 0.4) is 0 Å². The fraction of sp³-hybridized carbons (Fsp3) is 0.500. The summed E-state index contributed by atoms with van der Waals surface area (Å²) in [7, 11) is 0. The molecule has 0 saturated carbocycles. The van der Waals surface area contributed by atoms with Gasteiger partial charge in [0.1, 0.15) is 11.8 Å². The van der Waals surface area contributed by atoms with Crippen LogP contribution < -0.4 is 10.1 Å². The Morgan fingerprint density at radius 1 is 1.19 bits per heavy atom. The summed E-state index contributed by atoms with van der Waals surface area (Å²) < 4.78 is 5.61. The lowest BCUT2D eigenvalue weighted by Crippen LogP contribution is -2.49. The summed E-state index contributed by atoms with van der Waals surface area (Å²) in [6.45, 7) is 5.52. The molecule has 0 heterocycles. The molecule has 5 nitrogen and oxygen atoms in total. The average Bonchev–Trinajstić information content (AvgIpc) is 2.49. The zero-order chi connectivity index (χ0) is 15.8. The first-order chi connectivity index (χ1) is 9.99. The summed E-state index contributed by atoms with van der Waals surface area (Å²) in [5.41, 5.74) is 0. The highest BCUT2D eigenvalue weighted by Gasteiger charge is 2.28. The van der Waals surface area contributed by atoms with Gasteiger partial charge in [-0.25, -0.2) is 4.79 Å². The van der Waals surface area contributed by atoms with E-state index in [2.05, 4.69) is 5.32 Å². The van der Waals surface area contributed by atoms with E-state index in [0.29, 0.717) is 18.6 Å². The number of carboxylic acids is 1. The molecule has 21 heavy (non-hydrogen) atoms. The Bertz CT molecular complexity index is 461. The van der Waals surface area contributed by atoms with E-state index >= 15 is 0 Å². The number of para-hydroxylation sites is 1. The van der Waals surface area contributed by atoms with Crippen LogP contribution in [0.2, 0.25) is 0 Å². The third-order valence-electron chi connectivity index (χ3n) is 3.46. The van der Waals surface area contributed by atoms with Gasteiger partial charge in [-0.2, -0.15) is 0 Å². The third kappa shape index (κ3) is 5.10. The summed E-state index contributed by atoms with van der Waals surface area (Å²) in [6.07, 6.45) is 0.444. The minimum atomic E-state index is -1.02. The predicted octanol–water partition coefficient (Wildman–Crippen LogP) is 2.46. The number of carboxylic acid groups (broad SMARTS) is 1. The molecule has 0 saturated heterocycles. The number of ether oxygens (including phenoxy) is 1. The molecule has 0 aromatic heterocycles. The van der Waals surface area contributed by atoms with Crippen molar-refractivity contribution in [2.45, 2.75) is 45.8 Å². The number of hydrogen-bond acceptors (Lipinski definition) is 3. The number of nitrogens with one attached hydrogen (secondary N) is 1. The first-order valence-corrected chi connectivity index (χ1v) is 7.24. The summed E-state index contributed by atoms with van der Waals surface area (Å²) in [5.74, 6) is -0.961. The Hall–Kier alpha value is -2.04. The van der Waals surface area contributed by atoms with Gasteiger partial charge in [-0.15, -0.1) is 0 Å². The lowest BCUT2D eigenvalue weighted by molar-refractivity contribution is -0.144. The summed E-state index contributed by atoms with van der Waals surface area (Å²) >= 11 is 0. The molecule has 3 atom stereocenters. The molecule has 0 fully saturated rings. The second-order valence-corrected chi connectivity index (χ2v) is 5.04. The van der Waals surface area contributed by atoms with Crippen molar-refractivity contribution in [2.75, 3.05) is 0 Å². The van der Waals surface area contributed by atoms with E-state index in [0.717, 1.165) is 0 Å². The van der Waals surface area contributed by atoms with E-state index in [1.54, 1.807) is 19.1 Å². The Balaban J connectivity index is 2.72.